The highest BCUT2D eigenvalue weighted by molar-refractivity contribution is 5.85. The molecule has 0 atom stereocenters. The van der Waals surface area contributed by atoms with Gasteiger partial charge < -0.3 is 0 Å². The molecule has 0 aliphatic carbocycles. The molecule has 0 aliphatic heterocycles. The lowest BCUT2D eigenvalue weighted by atomic mass is 10.2. The van der Waals surface area contributed by atoms with Crippen molar-refractivity contribution < 1.29 is 4.92 Å². The Balaban J connectivity index is 1.71. The van der Waals surface area contributed by atoms with Crippen molar-refractivity contribution >= 4 is 28.6 Å². The van der Waals surface area contributed by atoms with Crippen LogP contribution in [0.15, 0.2) is 59.8 Å². The predicted molar refractivity (Wildman–Crippen MR) is 83.9 cm³/mol. The number of hydrogen-bond acceptors (Lipinski definition) is 6. The highest BCUT2D eigenvalue weighted by atomic mass is 16.6. The number of nitrogens with one attached hydrogen (secondary N) is 1. The molecule has 108 valence electrons. The summed E-state index contributed by atoms with van der Waals surface area (Å²) in [6.07, 6.45) is 2.74. The molecule has 22 heavy (non-hydrogen) atoms. The van der Waals surface area contributed by atoms with Gasteiger partial charge in [-0.25, -0.2) is 9.97 Å². The molecular formula is C15H11N5O2. The molecule has 0 spiro atoms. The second-order valence-corrected chi connectivity index (χ2v) is 4.46. The molecule has 1 aromatic carbocycles. The first-order chi connectivity index (χ1) is 10.7. The summed E-state index contributed by atoms with van der Waals surface area (Å²) in [7, 11) is 0. The second-order valence-electron chi connectivity index (χ2n) is 4.46. The first-order valence-corrected chi connectivity index (χ1v) is 6.48. The van der Waals surface area contributed by atoms with E-state index in [9.17, 15) is 10.1 Å². The SMILES string of the molecule is O=[N+]([O-])c1ccc(N/N=C/c2ccc3ccccc3n2)nc1. The summed E-state index contributed by atoms with van der Waals surface area (Å²) < 4.78 is 0. The standard InChI is InChI=1S/C15H11N5O2/c21-20(22)13-7-8-15(16-10-13)19-17-9-12-6-5-11-3-1-2-4-14(11)18-12/h1-10H,(H,16,19)/b17-9+. The Hall–Kier alpha value is -3.35. The molecule has 7 heteroatoms. The molecule has 3 rings (SSSR count). The number of para-hydroxylation sites is 1. The van der Waals surface area contributed by atoms with Crippen molar-refractivity contribution in [3.8, 4) is 0 Å². The minimum absolute atomic E-state index is 0.0641. The summed E-state index contributed by atoms with van der Waals surface area (Å²) in [5.41, 5.74) is 4.23. The van der Waals surface area contributed by atoms with Crippen LogP contribution in [0.5, 0.6) is 0 Å². The normalized spacial score (nSPS) is 10.9. The van der Waals surface area contributed by atoms with Gasteiger partial charge in [0.2, 0.25) is 0 Å². The number of fused-ring (bicyclic) bond motifs is 1. The summed E-state index contributed by atoms with van der Waals surface area (Å²) in [6.45, 7) is 0. The summed E-state index contributed by atoms with van der Waals surface area (Å²) in [4.78, 5) is 18.4. The highest BCUT2D eigenvalue weighted by Crippen LogP contribution is 2.12. The zero-order valence-corrected chi connectivity index (χ0v) is 11.4. The molecular weight excluding hydrogens is 282 g/mol. The Morgan fingerprint density at radius 3 is 2.77 bits per heavy atom. The first-order valence-electron chi connectivity index (χ1n) is 6.48. The van der Waals surface area contributed by atoms with Gasteiger partial charge >= 0.3 is 0 Å². The quantitative estimate of drug-likeness (QED) is 0.453. The molecule has 3 aromatic rings. The second kappa shape index (κ2) is 5.96. The van der Waals surface area contributed by atoms with Gasteiger partial charge in [-0.15, -0.1) is 0 Å². The van der Waals surface area contributed by atoms with Gasteiger partial charge in [-0.2, -0.15) is 5.10 Å². The molecule has 0 amide bonds. The molecule has 0 saturated heterocycles. The van der Waals surface area contributed by atoms with E-state index in [-0.39, 0.29) is 5.69 Å². The molecule has 0 saturated carbocycles. The Labute approximate surface area is 125 Å². The Kier molecular flexibility index (Phi) is 3.69. The molecule has 1 N–H and O–H groups in total. The van der Waals surface area contributed by atoms with Crippen molar-refractivity contribution in [2.24, 2.45) is 5.10 Å². The third kappa shape index (κ3) is 3.04. The van der Waals surface area contributed by atoms with Crippen molar-refractivity contribution in [2.45, 2.75) is 0 Å². The van der Waals surface area contributed by atoms with Gasteiger partial charge in [0.15, 0.2) is 0 Å². The maximum absolute atomic E-state index is 10.5. The van der Waals surface area contributed by atoms with Crippen LogP contribution in [-0.2, 0) is 0 Å². The van der Waals surface area contributed by atoms with Crippen molar-refractivity contribution in [3.05, 3.63) is 70.5 Å². The van der Waals surface area contributed by atoms with Gasteiger partial charge in [0, 0.05) is 11.5 Å². The van der Waals surface area contributed by atoms with E-state index < -0.39 is 4.92 Å². The Bertz CT molecular complexity index is 846. The van der Waals surface area contributed by atoms with E-state index >= 15 is 0 Å². The lowest BCUT2D eigenvalue weighted by molar-refractivity contribution is -0.385. The van der Waals surface area contributed by atoms with Gasteiger partial charge in [0.05, 0.1) is 22.3 Å². The molecule has 0 bridgehead atoms. The zero-order valence-electron chi connectivity index (χ0n) is 11.4. The highest BCUT2D eigenvalue weighted by Gasteiger charge is 2.04. The number of benzene rings is 1. The third-order valence-electron chi connectivity index (χ3n) is 2.95. The van der Waals surface area contributed by atoms with Crippen LogP contribution < -0.4 is 5.43 Å². The average Bonchev–Trinajstić information content (AvgIpc) is 2.55. The fraction of sp³-hybridized carbons (Fsp3) is 0. The van der Waals surface area contributed by atoms with Crippen LogP contribution in [0, 0.1) is 10.1 Å². The molecule has 0 radical (unpaired) electrons. The number of pyridine rings is 2. The molecule has 0 aliphatic rings. The summed E-state index contributed by atoms with van der Waals surface area (Å²) in [6, 6.07) is 14.5. The van der Waals surface area contributed by atoms with Crippen LogP contribution in [0.25, 0.3) is 10.9 Å². The maximum Gasteiger partial charge on any atom is 0.287 e. The number of hydrazone groups is 1. The van der Waals surface area contributed by atoms with Crippen LogP contribution in [0.2, 0.25) is 0 Å². The van der Waals surface area contributed by atoms with E-state index in [2.05, 4.69) is 20.5 Å². The number of nitrogens with zero attached hydrogens (tertiary/aromatic N) is 4. The number of anilines is 1. The number of rotatable bonds is 4. The topological polar surface area (TPSA) is 93.3 Å². The smallest absolute Gasteiger partial charge is 0.261 e. The number of aromatic nitrogens is 2. The van der Waals surface area contributed by atoms with Gasteiger partial charge in [0.25, 0.3) is 5.69 Å². The van der Waals surface area contributed by atoms with E-state index in [1.807, 2.05) is 36.4 Å². The zero-order chi connectivity index (χ0) is 15.4. The molecule has 0 unspecified atom stereocenters. The van der Waals surface area contributed by atoms with Crippen molar-refractivity contribution in [3.63, 3.8) is 0 Å². The summed E-state index contributed by atoms with van der Waals surface area (Å²) in [5, 5.41) is 15.6. The van der Waals surface area contributed by atoms with Gasteiger partial charge in [0.1, 0.15) is 12.0 Å². The van der Waals surface area contributed by atoms with Crippen LogP contribution >= 0.6 is 0 Å². The van der Waals surface area contributed by atoms with E-state index in [1.165, 1.54) is 18.3 Å². The van der Waals surface area contributed by atoms with Crippen molar-refractivity contribution in [1.29, 1.82) is 0 Å². The van der Waals surface area contributed by atoms with Crippen LogP contribution in [0.1, 0.15) is 5.69 Å². The van der Waals surface area contributed by atoms with Crippen LogP contribution in [0.4, 0.5) is 11.5 Å². The van der Waals surface area contributed by atoms with Crippen LogP contribution in [-0.4, -0.2) is 21.1 Å². The predicted octanol–water partition coefficient (Wildman–Crippen LogP) is 2.98. The fourth-order valence-corrected chi connectivity index (χ4v) is 1.88. The van der Waals surface area contributed by atoms with Crippen molar-refractivity contribution in [1.82, 2.24) is 9.97 Å². The third-order valence-corrected chi connectivity index (χ3v) is 2.95. The number of nitro groups is 1. The van der Waals surface area contributed by atoms with E-state index in [4.69, 9.17) is 0 Å². The first kappa shape index (κ1) is 13.6. The summed E-state index contributed by atoms with van der Waals surface area (Å²) >= 11 is 0. The van der Waals surface area contributed by atoms with Crippen LogP contribution in [0.3, 0.4) is 0 Å². The van der Waals surface area contributed by atoms with Gasteiger partial charge in [-0.3, -0.25) is 15.5 Å². The fourth-order valence-electron chi connectivity index (χ4n) is 1.88. The van der Waals surface area contributed by atoms with Gasteiger partial charge in [-0.05, 0) is 18.2 Å². The maximum atomic E-state index is 10.5. The monoisotopic (exact) mass is 293 g/mol. The lowest BCUT2D eigenvalue weighted by Crippen LogP contribution is -1.96. The van der Waals surface area contributed by atoms with E-state index in [1.54, 1.807) is 6.21 Å². The van der Waals surface area contributed by atoms with Gasteiger partial charge in [-0.1, -0.05) is 24.3 Å². The minimum Gasteiger partial charge on any atom is -0.261 e. The molecule has 2 aromatic heterocycles. The van der Waals surface area contributed by atoms with Crippen molar-refractivity contribution in [2.75, 3.05) is 5.43 Å². The molecule has 7 nitrogen and oxygen atoms in total. The van der Waals surface area contributed by atoms with E-state index in [0.29, 0.717) is 11.5 Å². The average molecular weight is 293 g/mol. The molecule has 2 heterocycles. The minimum atomic E-state index is -0.501. The van der Waals surface area contributed by atoms with E-state index in [0.717, 1.165) is 10.9 Å². The molecule has 0 fully saturated rings. The number of hydrogen-bond donors (Lipinski definition) is 1. The Morgan fingerprint density at radius 2 is 2.00 bits per heavy atom. The summed E-state index contributed by atoms with van der Waals surface area (Å²) in [5.74, 6) is 0.419. The lowest BCUT2D eigenvalue weighted by Gasteiger charge is -1.99. The largest absolute Gasteiger partial charge is 0.287 e. The Morgan fingerprint density at radius 1 is 1.14 bits per heavy atom.